The first-order valence-corrected chi connectivity index (χ1v) is 11.7. The lowest BCUT2D eigenvalue weighted by Crippen LogP contribution is -2.55. The summed E-state index contributed by atoms with van der Waals surface area (Å²) < 4.78 is 4.56. The summed E-state index contributed by atoms with van der Waals surface area (Å²) >= 11 is 11.9. The van der Waals surface area contributed by atoms with E-state index in [4.69, 9.17) is 34.2 Å². The molecule has 0 unspecified atom stereocenters. The van der Waals surface area contributed by atoms with Gasteiger partial charge in [0.1, 0.15) is 15.9 Å². The fourth-order valence-corrected chi connectivity index (χ4v) is 4.40. The molecule has 0 spiro atoms. The van der Waals surface area contributed by atoms with Crippen LogP contribution in [0, 0.1) is 15.5 Å². The van der Waals surface area contributed by atoms with Crippen LogP contribution in [0.2, 0.25) is 5.02 Å². The van der Waals surface area contributed by atoms with Crippen LogP contribution in [0.25, 0.3) is 5.82 Å². The Balaban J connectivity index is 1.93. The highest BCUT2D eigenvalue weighted by Crippen LogP contribution is 2.18. The zero-order valence-corrected chi connectivity index (χ0v) is 20.6. The quantitative estimate of drug-likeness (QED) is 0.472. The number of hydrogen-bond donors (Lipinski definition) is 3. The highest BCUT2D eigenvalue weighted by Gasteiger charge is 2.24. The van der Waals surface area contributed by atoms with E-state index >= 15 is 0 Å². The van der Waals surface area contributed by atoms with Crippen LogP contribution < -0.4 is 27.0 Å². The molecule has 1 aliphatic heterocycles. The van der Waals surface area contributed by atoms with Crippen molar-refractivity contribution in [3.05, 3.63) is 80.3 Å². The standard InChI is InChI=1S/C24H28ClN7S/c1-4-31-22(33)19(20(26)32-15-24(2,3)14-29-23(31)32)21(30-18-9-11-27-12-10-18)28-13-16-5-7-17(25)8-6-16/h5-12,26,28H,4,13-15H2,1-3H3,(H,27,30). The fraction of sp³-hybridized carbons (Fsp3) is 0.333. The van der Waals surface area contributed by atoms with Gasteiger partial charge in [0.25, 0.3) is 0 Å². The van der Waals surface area contributed by atoms with Crippen LogP contribution in [0.15, 0.2) is 53.8 Å². The normalized spacial score (nSPS) is 15.3. The SMILES string of the molecule is CCn1c(=S)c(=C(NCc2ccc(Cl)cc2)Nc2ccncc2)c(=N)n2c1=NCC(C)(C)C2. The van der Waals surface area contributed by atoms with E-state index in [1.807, 2.05) is 45.5 Å². The molecule has 0 atom stereocenters. The average Bonchev–Trinajstić information content (AvgIpc) is 2.79. The molecule has 0 bridgehead atoms. The summed E-state index contributed by atoms with van der Waals surface area (Å²) in [6.45, 7) is 9.02. The van der Waals surface area contributed by atoms with Gasteiger partial charge in [0.05, 0.1) is 5.22 Å². The molecule has 172 valence electrons. The van der Waals surface area contributed by atoms with E-state index in [0.29, 0.717) is 52.4 Å². The highest BCUT2D eigenvalue weighted by molar-refractivity contribution is 7.71. The fourth-order valence-electron chi connectivity index (χ4n) is 3.87. The monoisotopic (exact) mass is 481 g/mol. The van der Waals surface area contributed by atoms with Crippen molar-refractivity contribution in [2.24, 2.45) is 10.4 Å². The van der Waals surface area contributed by atoms with Gasteiger partial charge < -0.3 is 15.2 Å². The molecular weight excluding hydrogens is 454 g/mol. The van der Waals surface area contributed by atoms with Gasteiger partial charge in [-0.3, -0.25) is 20.0 Å². The molecule has 0 aliphatic carbocycles. The van der Waals surface area contributed by atoms with E-state index in [1.54, 1.807) is 12.4 Å². The number of pyridine rings is 1. The lowest BCUT2D eigenvalue weighted by Gasteiger charge is -2.29. The Hall–Kier alpha value is -2.97. The van der Waals surface area contributed by atoms with E-state index < -0.39 is 0 Å². The van der Waals surface area contributed by atoms with Crippen LogP contribution in [0.1, 0.15) is 26.3 Å². The minimum absolute atomic E-state index is 0.0330. The molecule has 4 rings (SSSR count). The number of anilines is 1. The van der Waals surface area contributed by atoms with Crippen LogP contribution in [0.3, 0.4) is 0 Å². The van der Waals surface area contributed by atoms with Gasteiger partial charge in [-0.25, -0.2) is 0 Å². The average molecular weight is 482 g/mol. The Kier molecular flexibility index (Phi) is 6.67. The van der Waals surface area contributed by atoms with E-state index in [9.17, 15) is 0 Å². The van der Waals surface area contributed by atoms with Crippen LogP contribution in [0.5, 0.6) is 0 Å². The van der Waals surface area contributed by atoms with E-state index in [-0.39, 0.29) is 5.41 Å². The minimum atomic E-state index is -0.0330. The number of benzene rings is 1. The lowest BCUT2D eigenvalue weighted by molar-refractivity contribution is 0.266. The number of nitrogens with zero attached hydrogens (tertiary/aromatic N) is 4. The van der Waals surface area contributed by atoms with Crippen molar-refractivity contribution in [3.8, 4) is 0 Å². The number of rotatable bonds is 6. The first-order valence-electron chi connectivity index (χ1n) is 10.9. The number of halogens is 1. The van der Waals surface area contributed by atoms with E-state index in [0.717, 1.165) is 16.9 Å². The van der Waals surface area contributed by atoms with Crippen molar-refractivity contribution < 1.29 is 0 Å². The predicted octanol–water partition coefficient (Wildman–Crippen LogP) is 3.19. The van der Waals surface area contributed by atoms with Gasteiger partial charge >= 0.3 is 0 Å². The first kappa shape index (κ1) is 23.2. The van der Waals surface area contributed by atoms with Crippen LogP contribution in [0.4, 0.5) is 5.69 Å². The van der Waals surface area contributed by atoms with Crippen LogP contribution >= 0.6 is 23.8 Å². The van der Waals surface area contributed by atoms with Gasteiger partial charge in [-0.2, -0.15) is 0 Å². The summed E-state index contributed by atoms with van der Waals surface area (Å²) in [5, 5.41) is 17.4. The number of aromatic nitrogens is 3. The Bertz CT molecular complexity index is 1390. The van der Waals surface area contributed by atoms with Crippen molar-refractivity contribution in [1.29, 1.82) is 5.41 Å². The second kappa shape index (κ2) is 9.49. The number of fused-ring (bicyclic) bond motifs is 1. The Morgan fingerprint density at radius 3 is 2.55 bits per heavy atom. The van der Waals surface area contributed by atoms with Gasteiger partial charge in [-0.05, 0) is 36.8 Å². The third-order valence-electron chi connectivity index (χ3n) is 5.58. The van der Waals surface area contributed by atoms with Crippen LogP contribution in [-0.2, 0) is 19.6 Å². The molecule has 0 amide bonds. The molecule has 3 N–H and O–H groups in total. The van der Waals surface area contributed by atoms with Crippen molar-refractivity contribution >= 4 is 35.3 Å². The van der Waals surface area contributed by atoms with E-state index in [1.165, 1.54) is 0 Å². The maximum Gasteiger partial charge on any atom is 0.207 e. The zero-order valence-electron chi connectivity index (χ0n) is 19.0. The van der Waals surface area contributed by atoms with E-state index in [2.05, 4.69) is 36.4 Å². The molecule has 3 heterocycles. The Morgan fingerprint density at radius 1 is 1.18 bits per heavy atom. The largest absolute Gasteiger partial charge is 0.367 e. The maximum atomic E-state index is 9.11. The predicted molar refractivity (Wildman–Crippen MR) is 134 cm³/mol. The number of nitrogens with one attached hydrogen (secondary N) is 3. The summed E-state index contributed by atoms with van der Waals surface area (Å²) in [6.07, 6.45) is 3.45. The molecule has 1 aromatic carbocycles. The molecule has 7 nitrogen and oxygen atoms in total. The molecule has 1 aliphatic rings. The van der Waals surface area contributed by atoms with Gasteiger partial charge in [0.15, 0.2) is 0 Å². The third kappa shape index (κ3) is 5.02. The molecule has 0 radical (unpaired) electrons. The molecule has 0 saturated carbocycles. The summed E-state index contributed by atoms with van der Waals surface area (Å²) in [7, 11) is 0. The first-order chi connectivity index (χ1) is 15.8. The van der Waals surface area contributed by atoms with Crippen LogP contribution in [-0.4, -0.2) is 20.7 Å². The van der Waals surface area contributed by atoms with Gasteiger partial charge in [0.2, 0.25) is 5.62 Å². The molecule has 3 aromatic rings. The Labute approximate surface area is 203 Å². The zero-order chi connectivity index (χ0) is 23.6. The van der Waals surface area contributed by atoms with Gasteiger partial charge in [-0.1, -0.05) is 49.8 Å². The second-order valence-corrected chi connectivity index (χ2v) is 9.68. The minimum Gasteiger partial charge on any atom is -0.367 e. The summed E-state index contributed by atoms with van der Waals surface area (Å²) in [6, 6.07) is 11.5. The third-order valence-corrected chi connectivity index (χ3v) is 6.26. The van der Waals surface area contributed by atoms with Crippen molar-refractivity contribution in [2.75, 3.05) is 11.9 Å². The summed E-state index contributed by atoms with van der Waals surface area (Å²) in [4.78, 5) is 8.90. The lowest BCUT2D eigenvalue weighted by atomic mass is 9.93. The molecule has 9 heteroatoms. The molecule has 2 aromatic heterocycles. The molecule has 0 fully saturated rings. The van der Waals surface area contributed by atoms with Crippen molar-refractivity contribution in [1.82, 2.24) is 19.4 Å². The number of hydrogen-bond acceptors (Lipinski definition) is 6. The smallest absolute Gasteiger partial charge is 0.207 e. The van der Waals surface area contributed by atoms with Crippen molar-refractivity contribution in [2.45, 2.75) is 40.4 Å². The van der Waals surface area contributed by atoms with Gasteiger partial charge in [-0.15, -0.1) is 0 Å². The second-order valence-electron chi connectivity index (χ2n) is 8.86. The molecule has 0 saturated heterocycles. The Morgan fingerprint density at radius 2 is 1.88 bits per heavy atom. The topological polar surface area (TPSA) is 83.0 Å². The van der Waals surface area contributed by atoms with Gasteiger partial charge in [0, 0.05) is 54.7 Å². The molecular formula is C24H28ClN7S. The van der Waals surface area contributed by atoms with Crippen molar-refractivity contribution in [3.63, 3.8) is 0 Å². The highest BCUT2D eigenvalue weighted by atomic mass is 35.5. The summed E-state index contributed by atoms with van der Waals surface area (Å²) in [5.41, 5.74) is 2.99. The maximum absolute atomic E-state index is 9.11. The summed E-state index contributed by atoms with van der Waals surface area (Å²) in [5.74, 6) is 0.673. The molecule has 33 heavy (non-hydrogen) atoms.